The van der Waals surface area contributed by atoms with Crippen LogP contribution in [-0.4, -0.2) is 37.4 Å². The average Bonchev–Trinajstić information content (AvgIpc) is 2.32. The number of benzene rings is 1. The lowest BCUT2D eigenvalue weighted by atomic mass is 10.0. The molecule has 0 aliphatic carbocycles. The van der Waals surface area contributed by atoms with Gasteiger partial charge in [-0.15, -0.1) is 0 Å². The monoisotopic (exact) mass is 237 g/mol. The number of aliphatic hydroxyl groups is 1. The summed E-state index contributed by atoms with van der Waals surface area (Å²) in [7, 11) is 0. The zero-order valence-corrected chi connectivity index (χ0v) is 10.3. The van der Waals surface area contributed by atoms with Gasteiger partial charge < -0.3 is 15.2 Å². The highest BCUT2D eigenvalue weighted by molar-refractivity contribution is 5.95. The second-order valence-electron chi connectivity index (χ2n) is 3.84. The zero-order chi connectivity index (χ0) is 12.7. The van der Waals surface area contributed by atoms with Gasteiger partial charge in [-0.25, -0.2) is 0 Å². The van der Waals surface area contributed by atoms with Crippen LogP contribution in [0.15, 0.2) is 18.2 Å². The van der Waals surface area contributed by atoms with E-state index >= 15 is 0 Å². The summed E-state index contributed by atoms with van der Waals surface area (Å²) in [4.78, 5) is 11.8. The van der Waals surface area contributed by atoms with Crippen molar-refractivity contribution in [1.82, 2.24) is 5.32 Å². The van der Waals surface area contributed by atoms with E-state index in [0.717, 1.165) is 11.1 Å². The maximum Gasteiger partial charge on any atom is 0.251 e. The molecule has 4 nitrogen and oxygen atoms in total. The second kappa shape index (κ2) is 7.04. The molecule has 1 amide bonds. The molecule has 0 spiro atoms. The number of rotatable bonds is 6. The fraction of sp³-hybridized carbons (Fsp3) is 0.462. The van der Waals surface area contributed by atoms with Gasteiger partial charge in [0.05, 0.1) is 19.8 Å². The van der Waals surface area contributed by atoms with Crippen molar-refractivity contribution in [2.45, 2.75) is 13.8 Å². The van der Waals surface area contributed by atoms with Gasteiger partial charge in [-0.1, -0.05) is 12.1 Å². The van der Waals surface area contributed by atoms with Gasteiger partial charge in [0.2, 0.25) is 0 Å². The van der Waals surface area contributed by atoms with Crippen molar-refractivity contribution in [3.8, 4) is 0 Å². The van der Waals surface area contributed by atoms with Crippen molar-refractivity contribution in [1.29, 1.82) is 0 Å². The molecule has 17 heavy (non-hydrogen) atoms. The lowest BCUT2D eigenvalue weighted by Crippen LogP contribution is -2.28. The fourth-order valence-electron chi connectivity index (χ4n) is 1.50. The van der Waals surface area contributed by atoms with E-state index in [1.807, 2.05) is 32.0 Å². The van der Waals surface area contributed by atoms with E-state index in [1.165, 1.54) is 0 Å². The van der Waals surface area contributed by atoms with Crippen molar-refractivity contribution in [3.63, 3.8) is 0 Å². The molecule has 0 fully saturated rings. The first kappa shape index (κ1) is 13.7. The van der Waals surface area contributed by atoms with Gasteiger partial charge in [-0.05, 0) is 31.0 Å². The summed E-state index contributed by atoms with van der Waals surface area (Å²) >= 11 is 0. The third-order valence-electron chi connectivity index (χ3n) is 2.62. The van der Waals surface area contributed by atoms with Gasteiger partial charge in [0.15, 0.2) is 0 Å². The van der Waals surface area contributed by atoms with Gasteiger partial charge in [0.1, 0.15) is 0 Å². The number of carbonyl (C=O) groups is 1. The summed E-state index contributed by atoms with van der Waals surface area (Å²) in [6.45, 7) is 5.09. The van der Waals surface area contributed by atoms with Crippen LogP contribution in [0.2, 0.25) is 0 Å². The summed E-state index contributed by atoms with van der Waals surface area (Å²) in [6, 6.07) is 5.67. The van der Waals surface area contributed by atoms with E-state index in [4.69, 9.17) is 9.84 Å². The molecule has 0 saturated heterocycles. The van der Waals surface area contributed by atoms with Crippen LogP contribution in [0.3, 0.4) is 0 Å². The number of amides is 1. The largest absolute Gasteiger partial charge is 0.394 e. The first-order chi connectivity index (χ1) is 8.16. The Morgan fingerprint density at radius 2 is 2.12 bits per heavy atom. The van der Waals surface area contributed by atoms with Gasteiger partial charge >= 0.3 is 0 Å². The molecule has 0 bridgehead atoms. The van der Waals surface area contributed by atoms with Crippen LogP contribution in [0.5, 0.6) is 0 Å². The summed E-state index contributed by atoms with van der Waals surface area (Å²) in [5.41, 5.74) is 2.81. The van der Waals surface area contributed by atoms with Crippen molar-refractivity contribution in [3.05, 3.63) is 34.9 Å². The summed E-state index contributed by atoms with van der Waals surface area (Å²) in [5, 5.41) is 11.3. The number of aryl methyl sites for hydroxylation is 1. The minimum Gasteiger partial charge on any atom is -0.394 e. The van der Waals surface area contributed by atoms with E-state index in [2.05, 4.69) is 5.32 Å². The summed E-state index contributed by atoms with van der Waals surface area (Å²) in [6.07, 6.45) is 0. The topological polar surface area (TPSA) is 58.6 Å². The van der Waals surface area contributed by atoms with E-state index in [1.54, 1.807) is 0 Å². The SMILES string of the molecule is Cc1cccc(C(=O)NCCOCCO)c1C. The highest BCUT2D eigenvalue weighted by Gasteiger charge is 2.08. The minimum atomic E-state index is -0.0844. The molecule has 0 aliphatic rings. The Labute approximate surface area is 102 Å². The first-order valence-electron chi connectivity index (χ1n) is 5.70. The molecular formula is C13H19NO3. The Hall–Kier alpha value is -1.39. The number of hydrogen-bond donors (Lipinski definition) is 2. The predicted molar refractivity (Wildman–Crippen MR) is 66.2 cm³/mol. The highest BCUT2D eigenvalue weighted by atomic mass is 16.5. The first-order valence-corrected chi connectivity index (χ1v) is 5.70. The normalized spacial score (nSPS) is 10.3. The van der Waals surface area contributed by atoms with Crippen LogP contribution in [0.4, 0.5) is 0 Å². The van der Waals surface area contributed by atoms with Crippen LogP contribution in [0.1, 0.15) is 21.5 Å². The van der Waals surface area contributed by atoms with Crippen molar-refractivity contribution >= 4 is 5.91 Å². The zero-order valence-electron chi connectivity index (χ0n) is 10.3. The standard InChI is InChI=1S/C13H19NO3/c1-10-4-3-5-12(11(10)2)13(16)14-6-8-17-9-7-15/h3-5,15H,6-9H2,1-2H3,(H,14,16). The van der Waals surface area contributed by atoms with Crippen LogP contribution in [-0.2, 0) is 4.74 Å². The quantitative estimate of drug-likeness (QED) is 0.727. The molecule has 0 atom stereocenters. The molecule has 0 heterocycles. The summed E-state index contributed by atoms with van der Waals surface area (Å²) < 4.78 is 5.06. The average molecular weight is 237 g/mol. The van der Waals surface area contributed by atoms with Gasteiger partial charge in [-0.3, -0.25) is 4.79 Å². The third-order valence-corrected chi connectivity index (χ3v) is 2.62. The smallest absolute Gasteiger partial charge is 0.251 e. The minimum absolute atomic E-state index is 0.00490. The van der Waals surface area contributed by atoms with Crippen LogP contribution >= 0.6 is 0 Å². The molecule has 0 unspecified atom stereocenters. The number of carbonyl (C=O) groups excluding carboxylic acids is 1. The molecule has 0 aliphatic heterocycles. The number of ether oxygens (including phenoxy) is 1. The Balaban J connectivity index is 2.44. The number of aliphatic hydroxyl groups excluding tert-OH is 1. The fourth-order valence-corrected chi connectivity index (χ4v) is 1.50. The van der Waals surface area contributed by atoms with Crippen LogP contribution in [0, 0.1) is 13.8 Å². The van der Waals surface area contributed by atoms with Gasteiger partial charge in [0, 0.05) is 12.1 Å². The van der Waals surface area contributed by atoms with E-state index in [0.29, 0.717) is 25.3 Å². The molecule has 0 radical (unpaired) electrons. The van der Waals surface area contributed by atoms with Crippen molar-refractivity contribution in [2.75, 3.05) is 26.4 Å². The lowest BCUT2D eigenvalue weighted by molar-refractivity contribution is 0.0837. The number of hydrogen-bond acceptors (Lipinski definition) is 3. The van der Waals surface area contributed by atoms with Gasteiger partial charge in [0.25, 0.3) is 5.91 Å². The van der Waals surface area contributed by atoms with Crippen LogP contribution in [0.25, 0.3) is 0 Å². The molecule has 94 valence electrons. The lowest BCUT2D eigenvalue weighted by Gasteiger charge is -2.09. The molecular weight excluding hydrogens is 218 g/mol. The molecule has 0 aromatic heterocycles. The molecule has 4 heteroatoms. The number of nitrogens with one attached hydrogen (secondary N) is 1. The predicted octanol–water partition coefficient (Wildman–Crippen LogP) is 1.04. The Bertz CT molecular complexity index is 377. The molecule has 1 aromatic rings. The second-order valence-corrected chi connectivity index (χ2v) is 3.84. The van der Waals surface area contributed by atoms with E-state index < -0.39 is 0 Å². The third kappa shape index (κ3) is 4.17. The molecule has 1 aromatic carbocycles. The van der Waals surface area contributed by atoms with Crippen molar-refractivity contribution in [2.24, 2.45) is 0 Å². The maximum absolute atomic E-state index is 11.8. The summed E-state index contributed by atoms with van der Waals surface area (Å²) in [5.74, 6) is -0.0844. The van der Waals surface area contributed by atoms with Crippen molar-refractivity contribution < 1.29 is 14.6 Å². The molecule has 1 rings (SSSR count). The maximum atomic E-state index is 11.8. The Kier molecular flexibility index (Phi) is 5.66. The highest BCUT2D eigenvalue weighted by Crippen LogP contribution is 2.12. The Morgan fingerprint density at radius 1 is 1.35 bits per heavy atom. The van der Waals surface area contributed by atoms with E-state index in [-0.39, 0.29) is 12.5 Å². The molecule has 0 saturated carbocycles. The Morgan fingerprint density at radius 3 is 2.82 bits per heavy atom. The van der Waals surface area contributed by atoms with E-state index in [9.17, 15) is 4.79 Å². The van der Waals surface area contributed by atoms with Crippen LogP contribution < -0.4 is 5.32 Å². The van der Waals surface area contributed by atoms with Gasteiger partial charge in [-0.2, -0.15) is 0 Å². The molecule has 2 N–H and O–H groups in total.